The van der Waals surface area contributed by atoms with Gasteiger partial charge < -0.3 is 24.0 Å². The standard InChI is InChI=1S/C7H8N3.HI/c1-10-5-3-2-4-7(10)9-8-6-10;/h2-6H,1H3;1H/q+1;/p-1. The van der Waals surface area contributed by atoms with Crippen LogP contribution in [-0.4, -0.2) is 23.7 Å². The van der Waals surface area contributed by atoms with Crippen LogP contribution in [0.5, 0.6) is 0 Å². The summed E-state index contributed by atoms with van der Waals surface area (Å²) in [6, 6.07) is 0. The zero-order valence-corrected chi connectivity index (χ0v) is 8.26. The highest BCUT2D eigenvalue weighted by atomic mass is 127. The van der Waals surface area contributed by atoms with Gasteiger partial charge in [0.15, 0.2) is 0 Å². The highest BCUT2D eigenvalue weighted by Gasteiger charge is 2.28. The summed E-state index contributed by atoms with van der Waals surface area (Å²) in [5.74, 6) is 0.975. The zero-order valence-electron chi connectivity index (χ0n) is 6.11. The third-order valence-corrected chi connectivity index (χ3v) is 1.70. The molecule has 2 aliphatic heterocycles. The number of fused-ring (bicyclic) bond motifs is 1. The predicted molar refractivity (Wildman–Crippen MR) is 40.4 cm³/mol. The summed E-state index contributed by atoms with van der Waals surface area (Å²) in [7, 11) is 2.04. The van der Waals surface area contributed by atoms with Crippen LogP contribution in [0.1, 0.15) is 0 Å². The van der Waals surface area contributed by atoms with Crippen LogP contribution in [0.3, 0.4) is 0 Å². The van der Waals surface area contributed by atoms with Crippen molar-refractivity contribution < 1.29 is 28.5 Å². The summed E-state index contributed by atoms with van der Waals surface area (Å²) in [5.41, 5.74) is 0. The molecule has 0 aromatic rings. The number of amidine groups is 1. The molecular weight excluding hydrogens is 253 g/mol. The molecule has 2 heterocycles. The largest absolute Gasteiger partial charge is 1.00 e. The smallest absolute Gasteiger partial charge is 0.257 e. The molecule has 0 amide bonds. The summed E-state index contributed by atoms with van der Waals surface area (Å²) >= 11 is 0. The number of hydrogen-bond donors (Lipinski definition) is 0. The number of hydrogen-bond acceptors (Lipinski definition) is 2. The third-order valence-electron chi connectivity index (χ3n) is 1.70. The van der Waals surface area contributed by atoms with Crippen LogP contribution in [0.2, 0.25) is 0 Å². The van der Waals surface area contributed by atoms with Crippen molar-refractivity contribution in [2.75, 3.05) is 7.05 Å². The minimum Gasteiger partial charge on any atom is -1.00 e. The first-order valence-electron chi connectivity index (χ1n) is 3.16. The Morgan fingerprint density at radius 2 is 2.18 bits per heavy atom. The summed E-state index contributed by atoms with van der Waals surface area (Å²) in [6.07, 6.45) is 9.77. The second-order valence-electron chi connectivity index (χ2n) is 2.54. The van der Waals surface area contributed by atoms with Gasteiger partial charge in [-0.2, -0.15) is 0 Å². The van der Waals surface area contributed by atoms with E-state index in [4.69, 9.17) is 0 Å². The number of quaternary nitrogens is 1. The maximum Gasteiger partial charge on any atom is 0.257 e. The molecule has 0 aliphatic carbocycles. The van der Waals surface area contributed by atoms with Crippen molar-refractivity contribution >= 4 is 12.2 Å². The Morgan fingerprint density at radius 3 is 2.91 bits per heavy atom. The molecule has 4 heteroatoms. The first-order chi connectivity index (χ1) is 4.81. The van der Waals surface area contributed by atoms with E-state index in [2.05, 4.69) is 10.2 Å². The molecule has 3 nitrogen and oxygen atoms in total. The Morgan fingerprint density at radius 1 is 1.36 bits per heavy atom. The third kappa shape index (κ3) is 1.28. The minimum absolute atomic E-state index is 0. The number of halogens is 1. The first-order valence-corrected chi connectivity index (χ1v) is 3.16. The van der Waals surface area contributed by atoms with Gasteiger partial charge in [-0.25, -0.2) is 4.48 Å². The van der Waals surface area contributed by atoms with Gasteiger partial charge in [-0.05, 0) is 12.2 Å². The van der Waals surface area contributed by atoms with Gasteiger partial charge in [0, 0.05) is 6.08 Å². The van der Waals surface area contributed by atoms with E-state index in [1.54, 1.807) is 6.34 Å². The molecule has 0 radical (unpaired) electrons. The van der Waals surface area contributed by atoms with Crippen molar-refractivity contribution in [3.63, 3.8) is 0 Å². The molecule has 1 atom stereocenters. The van der Waals surface area contributed by atoms with E-state index in [0.717, 1.165) is 5.84 Å². The fraction of sp³-hybridized carbons (Fsp3) is 0.143. The van der Waals surface area contributed by atoms with E-state index < -0.39 is 0 Å². The van der Waals surface area contributed by atoms with E-state index in [1.807, 2.05) is 31.5 Å². The van der Waals surface area contributed by atoms with Gasteiger partial charge in [-0.3, -0.25) is 0 Å². The van der Waals surface area contributed by atoms with Gasteiger partial charge in [0.2, 0.25) is 6.34 Å². The molecule has 2 aliphatic rings. The van der Waals surface area contributed by atoms with Crippen molar-refractivity contribution in [1.82, 2.24) is 0 Å². The maximum atomic E-state index is 3.95. The number of rotatable bonds is 0. The van der Waals surface area contributed by atoms with Crippen LogP contribution in [0.4, 0.5) is 0 Å². The lowest BCUT2D eigenvalue weighted by Gasteiger charge is -2.19. The summed E-state index contributed by atoms with van der Waals surface area (Å²) in [5, 5.41) is 7.78. The molecule has 11 heavy (non-hydrogen) atoms. The van der Waals surface area contributed by atoms with Gasteiger partial charge in [-0.15, -0.1) is 0 Å². The van der Waals surface area contributed by atoms with Gasteiger partial charge in [-0.1, -0.05) is 10.2 Å². The van der Waals surface area contributed by atoms with E-state index >= 15 is 0 Å². The van der Waals surface area contributed by atoms with E-state index in [-0.39, 0.29) is 24.0 Å². The Bertz CT molecular complexity index is 277. The quantitative estimate of drug-likeness (QED) is 0.352. The first kappa shape index (κ1) is 8.61. The molecule has 0 fully saturated rings. The molecule has 2 rings (SSSR count). The van der Waals surface area contributed by atoms with Gasteiger partial charge in [0.1, 0.15) is 6.20 Å². The molecular formula is C7H8IN3. The lowest BCUT2D eigenvalue weighted by molar-refractivity contribution is -0.651. The topological polar surface area (TPSA) is 24.7 Å². The summed E-state index contributed by atoms with van der Waals surface area (Å²) in [6.45, 7) is 0. The fourth-order valence-electron chi connectivity index (χ4n) is 1.03. The molecule has 0 aromatic heterocycles. The van der Waals surface area contributed by atoms with Crippen LogP contribution in [0.25, 0.3) is 0 Å². The number of likely N-dealkylation sites (N-methyl/N-ethyl adjacent to an activating group) is 1. The zero-order chi connectivity index (χ0) is 7.03. The summed E-state index contributed by atoms with van der Waals surface area (Å²) < 4.78 is 0.608. The molecule has 0 aromatic carbocycles. The number of allylic oxidation sites excluding steroid dienone is 2. The molecule has 0 N–H and O–H groups in total. The van der Waals surface area contributed by atoms with Crippen LogP contribution in [0, 0.1) is 0 Å². The molecule has 58 valence electrons. The van der Waals surface area contributed by atoms with Crippen LogP contribution in [0.15, 0.2) is 34.6 Å². The molecule has 1 unspecified atom stereocenters. The summed E-state index contributed by atoms with van der Waals surface area (Å²) in [4.78, 5) is 0. The molecule has 0 bridgehead atoms. The van der Waals surface area contributed by atoms with Crippen LogP contribution in [-0.2, 0) is 0 Å². The Labute approximate surface area is 82.4 Å². The molecule has 0 saturated carbocycles. The lowest BCUT2D eigenvalue weighted by Crippen LogP contribution is -3.00. The number of nitrogens with zero attached hydrogens (tertiary/aromatic N) is 3. The molecule has 0 spiro atoms. The van der Waals surface area contributed by atoms with Crippen molar-refractivity contribution in [1.29, 1.82) is 0 Å². The van der Waals surface area contributed by atoms with Crippen molar-refractivity contribution in [3.05, 3.63) is 24.4 Å². The van der Waals surface area contributed by atoms with Crippen molar-refractivity contribution in [3.8, 4) is 0 Å². The second kappa shape index (κ2) is 2.86. The van der Waals surface area contributed by atoms with Gasteiger partial charge >= 0.3 is 0 Å². The minimum atomic E-state index is 0. The molecule has 0 saturated heterocycles. The SMILES string of the molecule is C[N+]12C=CC=CC1=NN=C2.[I-]. The Kier molecular flexibility index (Phi) is 2.24. The average Bonchev–Trinajstić information content (AvgIpc) is 2.29. The lowest BCUT2D eigenvalue weighted by atomic mass is 10.3. The Balaban J connectivity index is 0.000000605. The van der Waals surface area contributed by atoms with Crippen molar-refractivity contribution in [2.24, 2.45) is 10.2 Å². The average molecular weight is 261 g/mol. The van der Waals surface area contributed by atoms with Crippen LogP contribution >= 0.6 is 0 Å². The van der Waals surface area contributed by atoms with Gasteiger partial charge in [0.05, 0.1) is 7.05 Å². The Hall–Kier alpha value is -0.490. The van der Waals surface area contributed by atoms with E-state index in [0.29, 0.717) is 4.48 Å². The highest BCUT2D eigenvalue weighted by molar-refractivity contribution is 5.95. The normalized spacial score (nSPS) is 31.2. The predicted octanol–water partition coefficient (Wildman–Crippen LogP) is -2.12. The fourth-order valence-corrected chi connectivity index (χ4v) is 1.03. The highest BCUT2D eigenvalue weighted by Crippen LogP contribution is 2.13. The van der Waals surface area contributed by atoms with Crippen LogP contribution < -0.4 is 24.0 Å². The monoisotopic (exact) mass is 261 g/mol. The second-order valence-corrected chi connectivity index (χ2v) is 2.54. The van der Waals surface area contributed by atoms with E-state index in [1.165, 1.54) is 0 Å². The maximum absolute atomic E-state index is 3.95. The van der Waals surface area contributed by atoms with Gasteiger partial charge in [0.25, 0.3) is 5.84 Å². The van der Waals surface area contributed by atoms with Crippen molar-refractivity contribution in [2.45, 2.75) is 0 Å². The van der Waals surface area contributed by atoms with E-state index in [9.17, 15) is 0 Å².